The van der Waals surface area contributed by atoms with Crippen molar-refractivity contribution in [2.45, 2.75) is 52.0 Å². The van der Waals surface area contributed by atoms with Crippen LogP contribution in [0.3, 0.4) is 0 Å². The van der Waals surface area contributed by atoms with E-state index in [1.165, 1.54) is 24.3 Å². The van der Waals surface area contributed by atoms with Crippen molar-refractivity contribution >= 4 is 18.4 Å². The number of halogens is 1. The van der Waals surface area contributed by atoms with Gasteiger partial charge in [-0.3, -0.25) is 4.57 Å². The fraction of sp³-hybridized carbons (Fsp3) is 0.520. The van der Waals surface area contributed by atoms with Gasteiger partial charge < -0.3 is 14.5 Å². The van der Waals surface area contributed by atoms with Gasteiger partial charge in [-0.05, 0) is 72.6 Å². The molecule has 31 heavy (non-hydrogen) atoms. The van der Waals surface area contributed by atoms with Crippen molar-refractivity contribution in [3.8, 4) is 0 Å². The molecule has 0 unspecified atom stereocenters. The minimum atomic E-state index is -3.71. The van der Waals surface area contributed by atoms with Gasteiger partial charge in [0.1, 0.15) is 5.82 Å². The average molecular weight is 448 g/mol. The highest BCUT2D eigenvalue weighted by molar-refractivity contribution is 7.67. The molecule has 5 atom stereocenters. The summed E-state index contributed by atoms with van der Waals surface area (Å²) in [5.41, 5.74) is 1.37. The lowest BCUT2D eigenvalue weighted by Crippen LogP contribution is -2.35. The highest BCUT2D eigenvalue weighted by Gasteiger charge is 2.42. The van der Waals surface area contributed by atoms with Gasteiger partial charge in [0, 0.05) is 25.1 Å². The van der Waals surface area contributed by atoms with Crippen LogP contribution in [0.2, 0.25) is 0 Å². The first-order chi connectivity index (χ1) is 14.6. The van der Waals surface area contributed by atoms with Gasteiger partial charge in [-0.1, -0.05) is 39.3 Å². The molecule has 0 amide bonds. The van der Waals surface area contributed by atoms with Gasteiger partial charge in [-0.25, -0.2) is 4.39 Å². The quantitative estimate of drug-likeness (QED) is 0.532. The second-order valence-electron chi connectivity index (χ2n) is 9.40. The maximum atomic E-state index is 14.4. The molecule has 6 heteroatoms. The summed E-state index contributed by atoms with van der Waals surface area (Å²) in [7, 11) is 0.172. The SMILES string of the molecule is CC(C)[C@H]1CC[C@H](C)C[C@H]1O[P@](=O)(c1ccc(N(C)C)cc1)[C@H](O)c1ccc(F)cc1. The topological polar surface area (TPSA) is 49.8 Å². The van der Waals surface area contributed by atoms with Crippen molar-refractivity contribution in [3.63, 3.8) is 0 Å². The number of hydrogen-bond acceptors (Lipinski definition) is 4. The first-order valence-corrected chi connectivity index (χ1v) is 12.8. The summed E-state index contributed by atoms with van der Waals surface area (Å²) < 4.78 is 34.4. The summed E-state index contributed by atoms with van der Waals surface area (Å²) in [6.07, 6.45) is 2.78. The van der Waals surface area contributed by atoms with Crippen LogP contribution >= 0.6 is 7.37 Å². The van der Waals surface area contributed by atoms with Gasteiger partial charge in [0.25, 0.3) is 7.37 Å². The second-order valence-corrected chi connectivity index (χ2v) is 11.8. The highest BCUT2D eigenvalue weighted by Crippen LogP contribution is 2.60. The molecule has 1 fully saturated rings. The van der Waals surface area contributed by atoms with E-state index in [0.717, 1.165) is 24.9 Å². The first kappa shape index (κ1) is 24.0. The summed E-state index contributed by atoms with van der Waals surface area (Å²) in [4.78, 5) is 1.96. The Morgan fingerprint density at radius 1 is 1.06 bits per heavy atom. The van der Waals surface area contributed by atoms with Crippen LogP contribution in [0.15, 0.2) is 48.5 Å². The van der Waals surface area contributed by atoms with Crippen LogP contribution in [0.5, 0.6) is 0 Å². The Bertz CT molecular complexity index is 898. The fourth-order valence-electron chi connectivity index (χ4n) is 4.49. The summed E-state index contributed by atoms with van der Waals surface area (Å²) in [5, 5.41) is 11.7. The molecule has 1 saturated carbocycles. The molecule has 0 radical (unpaired) electrons. The van der Waals surface area contributed by atoms with Crippen molar-refractivity contribution in [3.05, 3.63) is 59.9 Å². The molecule has 1 aliphatic carbocycles. The van der Waals surface area contributed by atoms with Crippen molar-refractivity contribution in [2.24, 2.45) is 17.8 Å². The Kier molecular flexibility index (Phi) is 7.62. The van der Waals surface area contributed by atoms with Gasteiger partial charge in [-0.2, -0.15) is 0 Å². The molecule has 1 aliphatic rings. The number of rotatable bonds is 7. The number of anilines is 1. The fourth-order valence-corrected chi connectivity index (χ4v) is 6.78. The summed E-state index contributed by atoms with van der Waals surface area (Å²) in [6, 6.07) is 12.8. The number of hydrogen-bond donors (Lipinski definition) is 1. The molecular weight excluding hydrogens is 412 g/mol. The van der Waals surface area contributed by atoms with Crippen LogP contribution in [-0.2, 0) is 9.09 Å². The maximum Gasteiger partial charge on any atom is 0.264 e. The third-order valence-corrected chi connectivity index (χ3v) is 9.01. The highest BCUT2D eigenvalue weighted by atomic mass is 31.2. The minimum Gasteiger partial charge on any atom is -0.378 e. The van der Waals surface area contributed by atoms with Crippen LogP contribution in [0.25, 0.3) is 0 Å². The molecule has 1 N–H and O–H groups in total. The molecule has 0 bridgehead atoms. The van der Waals surface area contributed by atoms with Gasteiger partial charge in [-0.15, -0.1) is 0 Å². The van der Waals surface area contributed by atoms with E-state index in [2.05, 4.69) is 20.8 Å². The predicted octanol–water partition coefficient (Wildman–Crippen LogP) is 5.96. The zero-order chi connectivity index (χ0) is 22.8. The lowest BCUT2D eigenvalue weighted by Gasteiger charge is -2.40. The van der Waals surface area contributed by atoms with E-state index in [1.807, 2.05) is 31.1 Å². The number of aliphatic hydroxyl groups is 1. The molecule has 0 aromatic heterocycles. The first-order valence-electron chi connectivity index (χ1n) is 11.1. The smallest absolute Gasteiger partial charge is 0.264 e. The molecule has 4 nitrogen and oxygen atoms in total. The third-order valence-electron chi connectivity index (χ3n) is 6.47. The van der Waals surface area contributed by atoms with E-state index in [0.29, 0.717) is 22.7 Å². The summed E-state index contributed by atoms with van der Waals surface area (Å²) >= 11 is 0. The van der Waals surface area contributed by atoms with Crippen molar-refractivity contribution < 1.29 is 18.6 Å². The van der Waals surface area contributed by atoms with Crippen LogP contribution in [0, 0.1) is 23.6 Å². The van der Waals surface area contributed by atoms with Gasteiger partial charge in [0.05, 0.1) is 6.10 Å². The third kappa shape index (κ3) is 5.39. The minimum absolute atomic E-state index is 0.196. The summed E-state index contributed by atoms with van der Waals surface area (Å²) in [6.45, 7) is 6.54. The predicted molar refractivity (Wildman–Crippen MR) is 126 cm³/mol. The number of aliphatic hydroxyl groups excluding tert-OH is 1. The second kappa shape index (κ2) is 9.85. The molecular formula is C25H35FNO3P. The molecule has 3 rings (SSSR count). The van der Waals surface area contributed by atoms with E-state index >= 15 is 0 Å². The van der Waals surface area contributed by atoms with Gasteiger partial charge in [0.2, 0.25) is 0 Å². The van der Waals surface area contributed by atoms with E-state index in [9.17, 15) is 14.1 Å². The van der Waals surface area contributed by atoms with E-state index < -0.39 is 19.0 Å². The van der Waals surface area contributed by atoms with Crippen LogP contribution in [0.4, 0.5) is 10.1 Å². The lowest BCUT2D eigenvalue weighted by molar-refractivity contribution is 0.0427. The number of benzene rings is 2. The Balaban J connectivity index is 2.02. The molecule has 2 aromatic rings. The molecule has 0 saturated heterocycles. The molecule has 2 aromatic carbocycles. The lowest BCUT2D eigenvalue weighted by atomic mass is 9.75. The van der Waals surface area contributed by atoms with E-state index in [4.69, 9.17) is 4.52 Å². The Labute approximate surface area is 185 Å². The average Bonchev–Trinajstić information content (AvgIpc) is 2.73. The van der Waals surface area contributed by atoms with E-state index in [-0.39, 0.29) is 12.0 Å². The molecule has 0 aliphatic heterocycles. The Morgan fingerprint density at radius 2 is 1.68 bits per heavy atom. The van der Waals surface area contributed by atoms with Crippen LogP contribution < -0.4 is 10.2 Å². The molecule has 0 heterocycles. The molecule has 0 spiro atoms. The van der Waals surface area contributed by atoms with Gasteiger partial charge in [0.15, 0.2) is 5.85 Å². The monoisotopic (exact) mass is 447 g/mol. The standard InChI is InChI=1S/C25H35FNO3P/c1-17(2)23-15-6-18(3)16-24(23)30-31(29,22-13-11-21(12-14-22)27(4)5)25(28)19-7-9-20(26)10-8-19/h7-14,17-18,23-25,28H,6,15-16H2,1-5H3/t18-,23+,24+,25-,31+/m0/s1. The van der Waals surface area contributed by atoms with Gasteiger partial charge >= 0.3 is 0 Å². The zero-order valence-corrected chi connectivity index (χ0v) is 20.1. The number of nitrogens with zero attached hydrogens (tertiary/aromatic N) is 1. The van der Waals surface area contributed by atoms with E-state index in [1.54, 1.807) is 12.1 Å². The molecule has 170 valence electrons. The van der Waals surface area contributed by atoms with Crippen molar-refractivity contribution in [1.29, 1.82) is 0 Å². The van der Waals surface area contributed by atoms with Crippen LogP contribution in [0.1, 0.15) is 51.4 Å². The Hall–Kier alpha value is -1.68. The van der Waals surface area contributed by atoms with Crippen molar-refractivity contribution in [1.82, 2.24) is 0 Å². The summed E-state index contributed by atoms with van der Waals surface area (Å²) in [5.74, 6) is -0.602. The van der Waals surface area contributed by atoms with Crippen molar-refractivity contribution in [2.75, 3.05) is 19.0 Å². The maximum absolute atomic E-state index is 14.4. The zero-order valence-electron chi connectivity index (χ0n) is 19.2. The van der Waals surface area contributed by atoms with Crippen LogP contribution in [-0.4, -0.2) is 25.3 Å². The largest absolute Gasteiger partial charge is 0.378 e. The normalized spacial score (nSPS) is 24.6. The Morgan fingerprint density at radius 3 is 2.23 bits per heavy atom.